The van der Waals surface area contributed by atoms with Gasteiger partial charge >= 0.3 is 5.97 Å². The molecule has 2 fully saturated rings. The van der Waals surface area contributed by atoms with Crippen LogP contribution in [0.2, 0.25) is 0 Å². The maximum atomic E-state index is 12.2. The number of nitrogens with zero attached hydrogens (tertiary/aromatic N) is 3. The smallest absolute Gasteiger partial charge is 0.356 e. The summed E-state index contributed by atoms with van der Waals surface area (Å²) in [4.78, 5) is 32.8. The number of amides is 1. The molecule has 1 aromatic rings. The maximum Gasteiger partial charge on any atom is 0.356 e. The molecule has 0 aromatic carbocycles. The number of hydrogen-bond acceptors (Lipinski definition) is 5. The van der Waals surface area contributed by atoms with Gasteiger partial charge in [0.1, 0.15) is 11.9 Å². The number of carbonyl (C=O) groups is 2. The van der Waals surface area contributed by atoms with Crippen molar-refractivity contribution in [2.45, 2.75) is 37.8 Å². The largest absolute Gasteiger partial charge is 0.476 e. The van der Waals surface area contributed by atoms with Crippen molar-refractivity contribution in [1.29, 1.82) is 0 Å². The van der Waals surface area contributed by atoms with Gasteiger partial charge in [0.2, 0.25) is 5.91 Å². The average Bonchev–Trinajstić information content (AvgIpc) is 3.11. The number of aromatic nitrogens is 2. The fraction of sp³-hybridized carbons (Fsp3) is 0.538. The second-order valence-corrected chi connectivity index (χ2v) is 5.20. The Kier molecular flexibility index (Phi) is 3.25. The predicted molar refractivity (Wildman–Crippen MR) is 70.5 cm³/mol. The molecule has 1 saturated carbocycles. The van der Waals surface area contributed by atoms with E-state index in [1.165, 1.54) is 12.4 Å². The number of anilines is 1. The van der Waals surface area contributed by atoms with Crippen LogP contribution in [-0.2, 0) is 4.79 Å². The quantitative estimate of drug-likeness (QED) is 0.827. The molecule has 1 saturated heterocycles. The summed E-state index contributed by atoms with van der Waals surface area (Å²) in [5.41, 5.74) is -0.0908. The van der Waals surface area contributed by atoms with E-state index in [9.17, 15) is 9.59 Å². The molecule has 0 spiro atoms. The summed E-state index contributed by atoms with van der Waals surface area (Å²) in [6.07, 6.45) is 6.49. The Bertz CT molecular complexity index is 527. The first-order valence-electron chi connectivity index (χ1n) is 6.77. The summed E-state index contributed by atoms with van der Waals surface area (Å²) in [7, 11) is 0. The zero-order valence-corrected chi connectivity index (χ0v) is 11.0. The second-order valence-electron chi connectivity index (χ2n) is 5.20. The predicted octanol–water partition coefficient (Wildman–Crippen LogP) is 0.422. The van der Waals surface area contributed by atoms with Gasteiger partial charge in [0.25, 0.3) is 0 Å². The molecule has 1 aliphatic heterocycles. The van der Waals surface area contributed by atoms with Crippen LogP contribution in [0.3, 0.4) is 0 Å². The first kappa shape index (κ1) is 12.8. The molecule has 2 aliphatic rings. The highest BCUT2D eigenvalue weighted by Crippen LogP contribution is 2.25. The van der Waals surface area contributed by atoms with E-state index in [0.29, 0.717) is 11.9 Å². The molecule has 1 aliphatic carbocycles. The second kappa shape index (κ2) is 5.07. The Morgan fingerprint density at radius 1 is 1.25 bits per heavy atom. The number of carboxylic acid groups (broad SMARTS) is 1. The summed E-state index contributed by atoms with van der Waals surface area (Å²) >= 11 is 0. The fourth-order valence-electron chi connectivity index (χ4n) is 2.42. The Balaban J connectivity index is 1.73. The Morgan fingerprint density at radius 2 is 2.05 bits per heavy atom. The van der Waals surface area contributed by atoms with Gasteiger partial charge in [0.15, 0.2) is 5.69 Å². The molecule has 2 heterocycles. The van der Waals surface area contributed by atoms with Crippen LogP contribution in [0.1, 0.15) is 36.2 Å². The van der Waals surface area contributed by atoms with Crippen molar-refractivity contribution in [3.05, 3.63) is 18.1 Å². The van der Waals surface area contributed by atoms with Gasteiger partial charge in [0, 0.05) is 12.6 Å². The van der Waals surface area contributed by atoms with Gasteiger partial charge in [-0.2, -0.15) is 0 Å². The topological polar surface area (TPSA) is 95.4 Å². The van der Waals surface area contributed by atoms with Crippen LogP contribution in [0.5, 0.6) is 0 Å². The number of carboxylic acids is 1. The number of aromatic carboxylic acids is 1. The van der Waals surface area contributed by atoms with E-state index in [1.54, 1.807) is 0 Å². The highest BCUT2D eigenvalue weighted by Gasteiger charge is 2.34. The third-order valence-corrected chi connectivity index (χ3v) is 3.63. The van der Waals surface area contributed by atoms with Gasteiger partial charge in [-0.1, -0.05) is 0 Å². The molecule has 0 radical (unpaired) electrons. The SMILES string of the molecule is O=C(O)c1cnc(N2CCCC2C(=O)NC2CC2)cn1. The van der Waals surface area contributed by atoms with Crippen molar-refractivity contribution in [3.63, 3.8) is 0 Å². The van der Waals surface area contributed by atoms with Crippen LogP contribution < -0.4 is 10.2 Å². The minimum absolute atomic E-state index is 0.0362. The number of nitrogens with one attached hydrogen (secondary N) is 1. The van der Waals surface area contributed by atoms with Crippen LogP contribution in [0.25, 0.3) is 0 Å². The summed E-state index contributed by atoms with van der Waals surface area (Å²) in [6.45, 7) is 0.740. The zero-order valence-electron chi connectivity index (χ0n) is 11.0. The zero-order chi connectivity index (χ0) is 14.1. The van der Waals surface area contributed by atoms with Crippen molar-refractivity contribution in [2.75, 3.05) is 11.4 Å². The highest BCUT2D eigenvalue weighted by atomic mass is 16.4. The van der Waals surface area contributed by atoms with Gasteiger partial charge < -0.3 is 15.3 Å². The highest BCUT2D eigenvalue weighted by molar-refractivity contribution is 5.86. The van der Waals surface area contributed by atoms with Gasteiger partial charge in [0.05, 0.1) is 12.4 Å². The Hall–Kier alpha value is -2.18. The third-order valence-electron chi connectivity index (χ3n) is 3.63. The van der Waals surface area contributed by atoms with E-state index in [4.69, 9.17) is 5.11 Å². The molecule has 2 N–H and O–H groups in total. The van der Waals surface area contributed by atoms with Crippen LogP contribution in [0, 0.1) is 0 Å². The van der Waals surface area contributed by atoms with Gasteiger partial charge in [-0.05, 0) is 25.7 Å². The third kappa shape index (κ3) is 2.56. The molecule has 106 valence electrons. The average molecular weight is 276 g/mol. The van der Waals surface area contributed by atoms with Crippen LogP contribution in [-0.4, -0.2) is 45.6 Å². The van der Waals surface area contributed by atoms with Crippen LogP contribution >= 0.6 is 0 Å². The summed E-state index contributed by atoms with van der Waals surface area (Å²) in [5, 5.41) is 11.8. The van der Waals surface area contributed by atoms with Crippen molar-refractivity contribution in [3.8, 4) is 0 Å². The van der Waals surface area contributed by atoms with Crippen LogP contribution in [0.15, 0.2) is 12.4 Å². The molecule has 7 heteroatoms. The minimum atomic E-state index is -1.10. The number of carbonyl (C=O) groups excluding carboxylic acids is 1. The number of rotatable bonds is 4. The molecule has 3 rings (SSSR count). The summed E-state index contributed by atoms with van der Waals surface area (Å²) < 4.78 is 0. The fourth-order valence-corrected chi connectivity index (χ4v) is 2.42. The van der Waals surface area contributed by atoms with Crippen molar-refractivity contribution < 1.29 is 14.7 Å². The molecular weight excluding hydrogens is 260 g/mol. The molecule has 0 bridgehead atoms. The standard InChI is InChI=1S/C13H16N4O3/c18-12(16-8-3-4-8)10-2-1-5-17(10)11-7-14-9(6-15-11)13(19)20/h6-8,10H,1-5H2,(H,16,18)(H,19,20). The van der Waals surface area contributed by atoms with Crippen molar-refractivity contribution in [1.82, 2.24) is 15.3 Å². The lowest BCUT2D eigenvalue weighted by molar-refractivity contribution is -0.122. The van der Waals surface area contributed by atoms with Crippen molar-refractivity contribution >= 4 is 17.7 Å². The molecule has 7 nitrogen and oxygen atoms in total. The van der Waals surface area contributed by atoms with E-state index in [1.807, 2.05) is 4.90 Å². The molecule has 1 unspecified atom stereocenters. The van der Waals surface area contributed by atoms with Crippen LogP contribution in [0.4, 0.5) is 5.82 Å². The normalized spacial score (nSPS) is 21.8. The summed E-state index contributed by atoms with van der Waals surface area (Å²) in [6, 6.07) is 0.117. The van der Waals surface area contributed by atoms with E-state index in [0.717, 1.165) is 32.2 Å². The lowest BCUT2D eigenvalue weighted by Gasteiger charge is -2.24. The molecule has 1 atom stereocenters. The van der Waals surface area contributed by atoms with E-state index in [-0.39, 0.29) is 17.6 Å². The van der Waals surface area contributed by atoms with Crippen molar-refractivity contribution in [2.24, 2.45) is 0 Å². The molecule has 1 aromatic heterocycles. The van der Waals surface area contributed by atoms with E-state index >= 15 is 0 Å². The van der Waals surface area contributed by atoms with E-state index < -0.39 is 5.97 Å². The first-order valence-corrected chi connectivity index (χ1v) is 6.77. The minimum Gasteiger partial charge on any atom is -0.476 e. The molecular formula is C13H16N4O3. The van der Waals surface area contributed by atoms with Gasteiger partial charge in [-0.25, -0.2) is 14.8 Å². The lowest BCUT2D eigenvalue weighted by atomic mass is 10.2. The molecule has 1 amide bonds. The maximum absolute atomic E-state index is 12.2. The summed E-state index contributed by atoms with van der Waals surface area (Å²) in [5.74, 6) is -0.508. The molecule has 20 heavy (non-hydrogen) atoms. The Labute approximate surface area is 116 Å². The lowest BCUT2D eigenvalue weighted by Crippen LogP contribution is -2.44. The monoisotopic (exact) mass is 276 g/mol. The Morgan fingerprint density at radius 3 is 2.65 bits per heavy atom. The first-order chi connectivity index (χ1) is 9.65. The van der Waals surface area contributed by atoms with Gasteiger partial charge in [-0.15, -0.1) is 0 Å². The van der Waals surface area contributed by atoms with Gasteiger partial charge in [-0.3, -0.25) is 4.79 Å². The number of hydrogen-bond donors (Lipinski definition) is 2. The van der Waals surface area contributed by atoms with E-state index in [2.05, 4.69) is 15.3 Å².